The van der Waals surface area contributed by atoms with Crippen LogP contribution < -0.4 is 19.6 Å². The van der Waals surface area contributed by atoms with Gasteiger partial charge in [-0.1, -0.05) is 0 Å². The Balaban J connectivity index is 1.66. The third-order valence-electron chi connectivity index (χ3n) is 3.75. The number of nitrogens with zero attached hydrogens (tertiary/aromatic N) is 2. The van der Waals surface area contributed by atoms with Crippen LogP contribution in [0, 0.1) is 6.92 Å². The molecule has 2 aromatic carbocycles. The highest BCUT2D eigenvalue weighted by Gasteiger charge is 2.06. The fourth-order valence-corrected chi connectivity index (χ4v) is 3.03. The molecule has 0 amide bonds. The monoisotopic (exact) mass is 383 g/mol. The fourth-order valence-electron chi connectivity index (χ4n) is 2.39. The van der Waals surface area contributed by atoms with Crippen molar-refractivity contribution >= 4 is 22.7 Å². The van der Waals surface area contributed by atoms with E-state index in [2.05, 4.69) is 15.5 Å². The fraction of sp³-hybridized carbons (Fsp3) is 0.200. The van der Waals surface area contributed by atoms with Gasteiger partial charge in [0.2, 0.25) is 5.13 Å². The standard InChI is InChI=1S/C20H21N3O3S/c1-14-13-27-20(22-14)23-21-11-15-4-9-19(25-3)16(10-15)12-26-18-7-5-17(24-2)6-8-18/h4-11,13H,12H2,1-3H3,(H,22,23). The highest BCUT2D eigenvalue weighted by atomic mass is 32.1. The molecule has 0 aliphatic carbocycles. The van der Waals surface area contributed by atoms with Gasteiger partial charge < -0.3 is 14.2 Å². The maximum atomic E-state index is 5.86. The molecule has 0 aliphatic rings. The van der Waals surface area contributed by atoms with Crippen LogP contribution in [0.15, 0.2) is 52.9 Å². The van der Waals surface area contributed by atoms with Crippen LogP contribution in [0.3, 0.4) is 0 Å². The number of hydrazone groups is 1. The van der Waals surface area contributed by atoms with Gasteiger partial charge in [0.15, 0.2) is 0 Å². The van der Waals surface area contributed by atoms with Crippen molar-refractivity contribution in [3.63, 3.8) is 0 Å². The Morgan fingerprint density at radius 2 is 1.85 bits per heavy atom. The van der Waals surface area contributed by atoms with E-state index in [-0.39, 0.29) is 0 Å². The average Bonchev–Trinajstić information content (AvgIpc) is 3.12. The van der Waals surface area contributed by atoms with Gasteiger partial charge in [0.25, 0.3) is 0 Å². The second kappa shape index (κ2) is 9.05. The van der Waals surface area contributed by atoms with Gasteiger partial charge in [-0.3, -0.25) is 5.43 Å². The Morgan fingerprint density at radius 1 is 1.07 bits per heavy atom. The molecule has 1 aromatic heterocycles. The van der Waals surface area contributed by atoms with Crippen LogP contribution in [0.4, 0.5) is 5.13 Å². The number of aryl methyl sites for hydroxylation is 1. The highest BCUT2D eigenvalue weighted by molar-refractivity contribution is 7.13. The average molecular weight is 383 g/mol. The van der Waals surface area contributed by atoms with E-state index >= 15 is 0 Å². The minimum atomic E-state index is 0.385. The van der Waals surface area contributed by atoms with Gasteiger partial charge in [-0.05, 0) is 55.0 Å². The minimum Gasteiger partial charge on any atom is -0.497 e. The molecule has 3 aromatic rings. The lowest BCUT2D eigenvalue weighted by atomic mass is 10.1. The molecule has 1 N–H and O–H groups in total. The molecule has 27 heavy (non-hydrogen) atoms. The van der Waals surface area contributed by atoms with Gasteiger partial charge in [0, 0.05) is 10.9 Å². The molecule has 0 aliphatic heterocycles. The minimum absolute atomic E-state index is 0.385. The Morgan fingerprint density at radius 3 is 2.52 bits per heavy atom. The molecule has 3 rings (SSSR count). The summed E-state index contributed by atoms with van der Waals surface area (Å²) in [6, 6.07) is 13.3. The number of aromatic nitrogens is 1. The smallest absolute Gasteiger partial charge is 0.203 e. The first kappa shape index (κ1) is 18.7. The van der Waals surface area contributed by atoms with Crippen LogP contribution >= 0.6 is 11.3 Å². The summed E-state index contributed by atoms with van der Waals surface area (Å²) >= 11 is 1.52. The molecule has 7 heteroatoms. The zero-order chi connectivity index (χ0) is 19.1. The predicted octanol–water partition coefficient (Wildman–Crippen LogP) is 4.49. The summed E-state index contributed by atoms with van der Waals surface area (Å²) in [5, 5.41) is 6.97. The summed E-state index contributed by atoms with van der Waals surface area (Å²) in [6.45, 7) is 2.33. The summed E-state index contributed by atoms with van der Waals surface area (Å²) in [4.78, 5) is 4.31. The number of methoxy groups -OCH3 is 2. The Kier molecular flexibility index (Phi) is 6.27. The second-order valence-corrected chi connectivity index (χ2v) is 6.56. The van der Waals surface area contributed by atoms with E-state index in [0.29, 0.717) is 6.61 Å². The normalized spacial score (nSPS) is 10.8. The van der Waals surface area contributed by atoms with Crippen LogP contribution in [0.5, 0.6) is 17.2 Å². The van der Waals surface area contributed by atoms with E-state index in [9.17, 15) is 0 Å². The lowest BCUT2D eigenvalue weighted by Gasteiger charge is -2.11. The van der Waals surface area contributed by atoms with Crippen molar-refractivity contribution < 1.29 is 14.2 Å². The van der Waals surface area contributed by atoms with Crippen LogP contribution in [-0.4, -0.2) is 25.4 Å². The van der Waals surface area contributed by atoms with Crippen molar-refractivity contribution in [2.45, 2.75) is 13.5 Å². The number of ether oxygens (including phenoxy) is 3. The number of hydrogen-bond donors (Lipinski definition) is 1. The molecule has 0 spiro atoms. The number of thiazole rings is 1. The first-order valence-electron chi connectivity index (χ1n) is 8.33. The largest absolute Gasteiger partial charge is 0.497 e. The summed E-state index contributed by atoms with van der Waals surface area (Å²) < 4.78 is 16.5. The molecule has 0 saturated heterocycles. The zero-order valence-corrected chi connectivity index (χ0v) is 16.2. The molecule has 6 nitrogen and oxygen atoms in total. The summed E-state index contributed by atoms with van der Waals surface area (Å²) in [5.74, 6) is 2.32. The zero-order valence-electron chi connectivity index (χ0n) is 15.4. The van der Waals surface area contributed by atoms with E-state index in [1.165, 1.54) is 11.3 Å². The molecule has 1 heterocycles. The van der Waals surface area contributed by atoms with Gasteiger partial charge in [-0.25, -0.2) is 4.98 Å². The van der Waals surface area contributed by atoms with Crippen LogP contribution in [0.1, 0.15) is 16.8 Å². The van der Waals surface area contributed by atoms with Gasteiger partial charge >= 0.3 is 0 Å². The van der Waals surface area contributed by atoms with Crippen molar-refractivity contribution in [2.75, 3.05) is 19.6 Å². The third kappa shape index (κ3) is 5.21. The number of nitrogens with one attached hydrogen (secondary N) is 1. The molecule has 0 radical (unpaired) electrons. The van der Waals surface area contributed by atoms with Crippen LogP contribution in [0.25, 0.3) is 0 Å². The molecule has 0 saturated carbocycles. The van der Waals surface area contributed by atoms with E-state index in [1.807, 2.05) is 54.8 Å². The van der Waals surface area contributed by atoms with Crippen molar-refractivity contribution in [1.29, 1.82) is 0 Å². The molecule has 140 valence electrons. The Bertz CT molecular complexity index is 907. The van der Waals surface area contributed by atoms with Crippen molar-refractivity contribution in [3.05, 3.63) is 64.7 Å². The summed E-state index contributed by atoms with van der Waals surface area (Å²) in [7, 11) is 3.28. The molecule has 0 atom stereocenters. The predicted molar refractivity (Wildman–Crippen MR) is 108 cm³/mol. The van der Waals surface area contributed by atoms with Crippen molar-refractivity contribution in [3.8, 4) is 17.2 Å². The lowest BCUT2D eigenvalue weighted by molar-refractivity contribution is 0.296. The molecule has 0 unspecified atom stereocenters. The maximum absolute atomic E-state index is 5.86. The Labute approximate surface area is 162 Å². The first-order chi connectivity index (χ1) is 13.2. The molecular weight excluding hydrogens is 362 g/mol. The van der Waals surface area contributed by atoms with E-state index in [0.717, 1.165) is 39.2 Å². The lowest BCUT2D eigenvalue weighted by Crippen LogP contribution is -2.00. The molecule has 0 bridgehead atoms. The number of benzene rings is 2. The van der Waals surface area contributed by atoms with Gasteiger partial charge in [-0.15, -0.1) is 11.3 Å². The van der Waals surface area contributed by atoms with Crippen LogP contribution in [-0.2, 0) is 6.61 Å². The van der Waals surface area contributed by atoms with Gasteiger partial charge in [-0.2, -0.15) is 5.10 Å². The van der Waals surface area contributed by atoms with E-state index in [1.54, 1.807) is 20.4 Å². The number of rotatable bonds is 8. The Hall–Kier alpha value is -3.06. The first-order valence-corrected chi connectivity index (χ1v) is 9.21. The van der Waals surface area contributed by atoms with Gasteiger partial charge in [0.05, 0.1) is 26.1 Å². The van der Waals surface area contributed by atoms with Crippen LogP contribution in [0.2, 0.25) is 0 Å². The molecule has 0 fully saturated rings. The second-order valence-electron chi connectivity index (χ2n) is 5.70. The maximum Gasteiger partial charge on any atom is 0.203 e. The topological polar surface area (TPSA) is 65.0 Å². The SMILES string of the molecule is COc1ccc(OCc2cc(C=NNc3nc(C)cs3)ccc2OC)cc1. The summed E-state index contributed by atoms with van der Waals surface area (Å²) in [6.07, 6.45) is 1.74. The number of anilines is 1. The third-order valence-corrected chi connectivity index (χ3v) is 4.62. The van der Waals surface area contributed by atoms with Gasteiger partial charge in [0.1, 0.15) is 23.9 Å². The van der Waals surface area contributed by atoms with Crippen molar-refractivity contribution in [1.82, 2.24) is 4.98 Å². The highest BCUT2D eigenvalue weighted by Crippen LogP contribution is 2.23. The van der Waals surface area contributed by atoms with E-state index < -0.39 is 0 Å². The van der Waals surface area contributed by atoms with Crippen molar-refractivity contribution in [2.24, 2.45) is 5.10 Å². The number of hydrogen-bond acceptors (Lipinski definition) is 7. The quantitative estimate of drug-likeness (QED) is 0.458. The summed E-state index contributed by atoms with van der Waals surface area (Å²) in [5.41, 5.74) is 5.77. The van der Waals surface area contributed by atoms with E-state index in [4.69, 9.17) is 14.2 Å². The molecular formula is C20H21N3O3S.